The third kappa shape index (κ3) is 4.48. The molecule has 11 heteroatoms. The summed E-state index contributed by atoms with van der Waals surface area (Å²) in [6, 6.07) is 6.47. The molecular weight excluding hydrogens is 559 g/mol. The number of rotatable bonds is 6. The number of carboxylic acid groups (broad SMARTS) is 1. The van der Waals surface area contributed by atoms with Crippen molar-refractivity contribution < 1.29 is 19.0 Å². The van der Waals surface area contributed by atoms with E-state index in [0.29, 0.717) is 51.1 Å². The number of amides is 1. The van der Waals surface area contributed by atoms with Crippen LogP contribution in [0.25, 0.3) is 0 Å². The van der Waals surface area contributed by atoms with E-state index in [-0.39, 0.29) is 17.6 Å². The second kappa shape index (κ2) is 10.1. The minimum atomic E-state index is -0.831. The van der Waals surface area contributed by atoms with Crippen LogP contribution in [0.4, 0.5) is 20.7 Å². The fourth-order valence-corrected chi connectivity index (χ4v) is 8.86. The summed E-state index contributed by atoms with van der Waals surface area (Å²) in [6.45, 7) is 4.48. The highest BCUT2D eigenvalue weighted by Crippen LogP contribution is 2.48. The number of carbonyl (C=O) groups is 1. The number of ether oxygens (including phenoxy) is 1. The summed E-state index contributed by atoms with van der Waals surface area (Å²) in [5.41, 5.74) is 4.23. The number of hydrogen-bond donors (Lipinski definition) is 1. The number of halogens is 2. The summed E-state index contributed by atoms with van der Waals surface area (Å²) in [4.78, 5) is 30.5. The van der Waals surface area contributed by atoms with Crippen LogP contribution in [-0.2, 0) is 13.0 Å². The van der Waals surface area contributed by atoms with Crippen LogP contribution in [0.3, 0.4) is 0 Å². The molecular formula is C31H38ClFN6O3. The van der Waals surface area contributed by atoms with Gasteiger partial charge in [-0.15, -0.1) is 0 Å². The summed E-state index contributed by atoms with van der Waals surface area (Å²) < 4.78 is 20.8. The summed E-state index contributed by atoms with van der Waals surface area (Å²) >= 11 is 6.71. The van der Waals surface area contributed by atoms with Gasteiger partial charge >= 0.3 is 12.1 Å². The quantitative estimate of drug-likeness (QED) is 0.506. The molecule has 2 bridgehead atoms. The van der Waals surface area contributed by atoms with E-state index in [1.54, 1.807) is 4.90 Å². The summed E-state index contributed by atoms with van der Waals surface area (Å²) in [5.74, 6) is 1.40. The van der Waals surface area contributed by atoms with Crippen LogP contribution in [0.5, 0.6) is 6.01 Å². The minimum absolute atomic E-state index is 0.0326. The van der Waals surface area contributed by atoms with Crippen molar-refractivity contribution in [2.24, 2.45) is 0 Å². The lowest BCUT2D eigenvalue weighted by Crippen LogP contribution is -2.56. The Morgan fingerprint density at radius 1 is 1.10 bits per heavy atom. The van der Waals surface area contributed by atoms with Crippen molar-refractivity contribution in [3.8, 4) is 6.01 Å². The molecule has 9 nitrogen and oxygen atoms in total. The highest BCUT2D eigenvalue weighted by molar-refractivity contribution is 6.31. The predicted molar refractivity (Wildman–Crippen MR) is 158 cm³/mol. The number of hydrogen-bond acceptors (Lipinski definition) is 7. The maximum absolute atomic E-state index is 14.4. The lowest BCUT2D eigenvalue weighted by molar-refractivity contribution is 0.106. The average Bonchev–Trinajstić information content (AvgIpc) is 3.58. The molecule has 8 rings (SSSR count). The van der Waals surface area contributed by atoms with Crippen molar-refractivity contribution in [3.05, 3.63) is 40.0 Å². The van der Waals surface area contributed by atoms with Gasteiger partial charge in [0.05, 0.1) is 29.9 Å². The van der Waals surface area contributed by atoms with Crippen LogP contribution in [0.1, 0.15) is 67.7 Å². The molecule has 0 radical (unpaired) electrons. The van der Waals surface area contributed by atoms with E-state index in [1.165, 1.54) is 24.1 Å². The van der Waals surface area contributed by atoms with Crippen molar-refractivity contribution >= 4 is 29.2 Å². The van der Waals surface area contributed by atoms with Gasteiger partial charge in [0.2, 0.25) is 0 Å². The maximum atomic E-state index is 14.4. The van der Waals surface area contributed by atoms with Gasteiger partial charge in [0.1, 0.15) is 18.6 Å². The third-order valence-electron chi connectivity index (χ3n) is 10.6. The first-order valence-electron chi connectivity index (χ1n) is 15.6. The number of alkyl halides is 1. The molecule has 4 atom stereocenters. The van der Waals surface area contributed by atoms with E-state index in [9.17, 15) is 14.3 Å². The highest BCUT2D eigenvalue weighted by atomic mass is 35.5. The number of fused-ring (bicyclic) bond motifs is 4. The van der Waals surface area contributed by atoms with Crippen molar-refractivity contribution in [1.29, 1.82) is 0 Å². The fourth-order valence-electron chi connectivity index (χ4n) is 8.53. The van der Waals surface area contributed by atoms with Crippen molar-refractivity contribution in [2.75, 3.05) is 49.1 Å². The molecule has 5 fully saturated rings. The van der Waals surface area contributed by atoms with Crippen LogP contribution >= 0.6 is 11.6 Å². The molecule has 224 valence electrons. The van der Waals surface area contributed by atoms with Gasteiger partial charge in [-0.05, 0) is 75.1 Å². The smallest absolute Gasteiger partial charge is 0.407 e. The number of nitrogens with zero attached hydrogens (tertiary/aromatic N) is 6. The van der Waals surface area contributed by atoms with Gasteiger partial charge in [-0.25, -0.2) is 9.18 Å². The number of piperazine rings is 1. The van der Waals surface area contributed by atoms with E-state index in [1.807, 2.05) is 12.1 Å². The van der Waals surface area contributed by atoms with Crippen LogP contribution in [0.15, 0.2) is 18.2 Å². The zero-order valence-electron chi connectivity index (χ0n) is 23.9. The Balaban J connectivity index is 1.12. The van der Waals surface area contributed by atoms with Gasteiger partial charge in [0.15, 0.2) is 0 Å². The first kappa shape index (κ1) is 26.8. The molecule has 1 aromatic carbocycles. The Labute approximate surface area is 250 Å². The van der Waals surface area contributed by atoms with Gasteiger partial charge in [0.25, 0.3) is 0 Å². The van der Waals surface area contributed by atoms with Gasteiger partial charge in [-0.2, -0.15) is 9.97 Å². The van der Waals surface area contributed by atoms with Crippen molar-refractivity contribution in [2.45, 2.75) is 87.6 Å². The highest BCUT2D eigenvalue weighted by Gasteiger charge is 2.50. The molecule has 1 amide bonds. The van der Waals surface area contributed by atoms with Crippen LogP contribution in [-0.4, -0.2) is 94.1 Å². The van der Waals surface area contributed by atoms with Crippen LogP contribution in [0.2, 0.25) is 5.02 Å². The molecule has 1 aliphatic carbocycles. The average molecular weight is 597 g/mol. The maximum Gasteiger partial charge on any atom is 0.407 e. The number of anilines is 2. The lowest BCUT2D eigenvalue weighted by atomic mass is 9.95. The molecule has 6 aliphatic rings. The minimum Gasteiger partial charge on any atom is -0.465 e. The van der Waals surface area contributed by atoms with Gasteiger partial charge in [-0.3, -0.25) is 9.80 Å². The van der Waals surface area contributed by atoms with Gasteiger partial charge < -0.3 is 19.6 Å². The van der Waals surface area contributed by atoms with Crippen molar-refractivity contribution in [3.63, 3.8) is 0 Å². The molecule has 0 spiro atoms. The molecule has 6 heterocycles. The normalized spacial score (nSPS) is 30.5. The second-order valence-electron chi connectivity index (χ2n) is 13.2. The summed E-state index contributed by atoms with van der Waals surface area (Å²) in [5, 5.41) is 10.7. The Hall–Kier alpha value is -2.85. The molecule has 2 unspecified atom stereocenters. The zero-order chi connectivity index (χ0) is 28.6. The molecule has 1 N–H and O–H groups in total. The first-order valence-corrected chi connectivity index (χ1v) is 16.0. The summed E-state index contributed by atoms with van der Waals surface area (Å²) in [7, 11) is 0. The Bertz CT molecular complexity index is 1390. The van der Waals surface area contributed by atoms with E-state index in [4.69, 9.17) is 26.3 Å². The van der Waals surface area contributed by atoms with Gasteiger partial charge in [-0.1, -0.05) is 17.7 Å². The van der Waals surface area contributed by atoms with Crippen LogP contribution < -0.4 is 14.5 Å². The Morgan fingerprint density at radius 2 is 1.90 bits per heavy atom. The fraction of sp³-hybridized carbons (Fsp3) is 0.645. The largest absolute Gasteiger partial charge is 0.465 e. The Kier molecular flexibility index (Phi) is 6.44. The van der Waals surface area contributed by atoms with E-state index < -0.39 is 12.3 Å². The topological polar surface area (TPSA) is 85.3 Å². The molecule has 4 saturated heterocycles. The van der Waals surface area contributed by atoms with Crippen molar-refractivity contribution in [1.82, 2.24) is 19.8 Å². The van der Waals surface area contributed by atoms with E-state index >= 15 is 0 Å². The molecule has 2 aromatic rings. The zero-order valence-corrected chi connectivity index (χ0v) is 24.6. The first-order chi connectivity index (χ1) is 20.4. The number of aromatic nitrogens is 2. The van der Waals surface area contributed by atoms with E-state index in [2.05, 4.69) is 20.8 Å². The van der Waals surface area contributed by atoms with E-state index in [0.717, 1.165) is 67.3 Å². The number of benzene rings is 1. The monoisotopic (exact) mass is 596 g/mol. The summed E-state index contributed by atoms with van der Waals surface area (Å²) in [6.07, 6.45) is 5.72. The molecule has 1 aromatic heterocycles. The molecule has 5 aliphatic heterocycles. The molecule has 42 heavy (non-hydrogen) atoms. The SMILES string of the molecule is O=C(O)N1[C@@H]2CC[C@H]1CN(c1nc(OCC34CCCN3CC(F)C4)nc3c1CCN(c1cccc(Cl)c1C1CC1)C3)C2. The second-order valence-corrected chi connectivity index (χ2v) is 13.6. The lowest BCUT2D eigenvalue weighted by Gasteiger charge is -2.41. The molecule has 1 saturated carbocycles. The Morgan fingerprint density at radius 3 is 2.67 bits per heavy atom. The standard InChI is InChI=1S/C31H38ClFN6O3/c32-24-3-1-4-26(27(24)19-5-6-19)36-12-9-23-25(17-36)34-29(42-18-31-10-2-11-38(31)14-20(33)13-31)35-28(23)37-15-21-7-8-22(16-37)39(21)30(40)41/h1,3-4,19-22H,2,5-18H2,(H,40,41)/t20?,21-,22+,31?. The van der Waals surface area contributed by atoms with Crippen LogP contribution in [0, 0.1) is 0 Å². The predicted octanol–water partition coefficient (Wildman–Crippen LogP) is 4.86. The van der Waals surface area contributed by atoms with Gasteiger partial charge in [0, 0.05) is 48.9 Å². The third-order valence-corrected chi connectivity index (χ3v) is 10.9.